The lowest BCUT2D eigenvalue weighted by atomic mass is 10.1. The summed E-state index contributed by atoms with van der Waals surface area (Å²) in [5, 5.41) is 9.49. The third-order valence-corrected chi connectivity index (χ3v) is 3.72. The molecular weight excluding hydrogens is 308 g/mol. The number of nitrogens with one attached hydrogen (secondary N) is 3. The molecule has 0 saturated carbocycles. The molecule has 130 valence electrons. The minimum absolute atomic E-state index is 0.00344. The van der Waals surface area contributed by atoms with Crippen LogP contribution in [0.4, 0.5) is 0 Å². The summed E-state index contributed by atoms with van der Waals surface area (Å²) >= 11 is 0. The number of hydrogen-bond acceptors (Lipinski definition) is 4. The van der Waals surface area contributed by atoms with Gasteiger partial charge in [-0.3, -0.25) is 14.2 Å². The summed E-state index contributed by atoms with van der Waals surface area (Å²) in [6.45, 7) is 8.15. The SMILES string of the molecule is Cc1cc(C(=O)C[NH+](C)CC(=O)NC(C)C)c(C)n1-c1ncn[nH]1. The quantitative estimate of drug-likeness (QED) is 0.592. The predicted octanol–water partition coefficient (Wildman–Crippen LogP) is -0.566. The molecular formula is C16H25N6O2+. The van der Waals surface area contributed by atoms with Crippen LogP contribution in [0.5, 0.6) is 0 Å². The molecule has 1 amide bonds. The molecule has 2 aromatic rings. The topological polar surface area (TPSA) is 97.1 Å². The molecule has 8 heteroatoms. The Morgan fingerprint density at radius 3 is 2.62 bits per heavy atom. The zero-order valence-corrected chi connectivity index (χ0v) is 14.8. The third kappa shape index (κ3) is 4.08. The smallest absolute Gasteiger partial charge is 0.275 e. The van der Waals surface area contributed by atoms with Gasteiger partial charge in [-0.2, -0.15) is 10.1 Å². The highest BCUT2D eigenvalue weighted by Gasteiger charge is 2.21. The van der Waals surface area contributed by atoms with Crippen molar-refractivity contribution < 1.29 is 14.5 Å². The second-order valence-corrected chi connectivity index (χ2v) is 6.39. The van der Waals surface area contributed by atoms with Crippen LogP contribution in [-0.4, -0.2) is 57.6 Å². The van der Waals surface area contributed by atoms with Crippen molar-refractivity contribution in [2.24, 2.45) is 0 Å². The van der Waals surface area contributed by atoms with Crippen molar-refractivity contribution in [3.8, 4) is 5.95 Å². The molecule has 0 aliphatic carbocycles. The maximum atomic E-state index is 12.6. The lowest BCUT2D eigenvalue weighted by molar-refractivity contribution is -0.862. The van der Waals surface area contributed by atoms with Crippen LogP contribution in [0.15, 0.2) is 12.4 Å². The number of H-pyrrole nitrogens is 1. The van der Waals surface area contributed by atoms with Gasteiger partial charge in [0.25, 0.3) is 5.91 Å². The monoisotopic (exact) mass is 333 g/mol. The van der Waals surface area contributed by atoms with Crippen LogP contribution < -0.4 is 10.2 Å². The number of aryl methyl sites for hydroxylation is 1. The summed E-state index contributed by atoms with van der Waals surface area (Å²) in [5.41, 5.74) is 2.36. The number of nitrogens with zero attached hydrogens (tertiary/aromatic N) is 3. The Morgan fingerprint density at radius 2 is 2.04 bits per heavy atom. The first kappa shape index (κ1) is 17.9. The van der Waals surface area contributed by atoms with E-state index in [1.165, 1.54) is 6.33 Å². The highest BCUT2D eigenvalue weighted by atomic mass is 16.2. The molecule has 8 nitrogen and oxygen atoms in total. The van der Waals surface area contributed by atoms with E-state index in [0.717, 1.165) is 16.3 Å². The van der Waals surface area contributed by atoms with E-state index in [-0.39, 0.29) is 30.8 Å². The van der Waals surface area contributed by atoms with Crippen LogP contribution in [0.1, 0.15) is 35.6 Å². The van der Waals surface area contributed by atoms with Gasteiger partial charge in [-0.05, 0) is 33.8 Å². The molecule has 0 radical (unpaired) electrons. The molecule has 1 atom stereocenters. The number of hydrogen-bond donors (Lipinski definition) is 3. The van der Waals surface area contributed by atoms with E-state index in [1.807, 2.05) is 45.4 Å². The fourth-order valence-electron chi connectivity index (χ4n) is 2.76. The van der Waals surface area contributed by atoms with Gasteiger partial charge in [0.15, 0.2) is 6.54 Å². The summed E-state index contributed by atoms with van der Waals surface area (Å²) in [6, 6.07) is 1.95. The molecule has 0 aliphatic rings. The fraction of sp³-hybridized carbons (Fsp3) is 0.500. The summed E-state index contributed by atoms with van der Waals surface area (Å²) < 4.78 is 1.86. The van der Waals surface area contributed by atoms with Gasteiger partial charge in [0.05, 0.1) is 7.05 Å². The molecule has 2 rings (SSSR count). The van der Waals surface area contributed by atoms with Crippen molar-refractivity contribution in [3.05, 3.63) is 29.3 Å². The van der Waals surface area contributed by atoms with Gasteiger partial charge in [-0.25, -0.2) is 5.10 Å². The van der Waals surface area contributed by atoms with Crippen LogP contribution >= 0.6 is 0 Å². The molecule has 0 bridgehead atoms. The Hall–Kier alpha value is -2.48. The highest BCUT2D eigenvalue weighted by Crippen LogP contribution is 2.18. The van der Waals surface area contributed by atoms with Crippen LogP contribution in [0.2, 0.25) is 0 Å². The Balaban J connectivity index is 2.08. The van der Waals surface area contributed by atoms with Gasteiger partial charge in [-0.15, -0.1) is 0 Å². The van der Waals surface area contributed by atoms with Crippen LogP contribution in [0, 0.1) is 13.8 Å². The van der Waals surface area contributed by atoms with E-state index in [1.54, 1.807) is 0 Å². The van der Waals surface area contributed by atoms with Gasteiger partial charge < -0.3 is 10.2 Å². The number of quaternary nitrogens is 1. The first-order valence-corrected chi connectivity index (χ1v) is 7.98. The number of carbonyl (C=O) groups is 2. The summed E-state index contributed by atoms with van der Waals surface area (Å²) in [5.74, 6) is 0.534. The van der Waals surface area contributed by atoms with Crippen molar-refractivity contribution in [2.45, 2.75) is 33.7 Å². The molecule has 0 aliphatic heterocycles. The zero-order valence-electron chi connectivity index (χ0n) is 14.8. The van der Waals surface area contributed by atoms with Crippen molar-refractivity contribution in [1.82, 2.24) is 25.1 Å². The molecule has 0 fully saturated rings. The van der Waals surface area contributed by atoms with Crippen LogP contribution in [0.3, 0.4) is 0 Å². The molecule has 3 N–H and O–H groups in total. The van der Waals surface area contributed by atoms with Crippen molar-refractivity contribution >= 4 is 11.7 Å². The number of aromatic amines is 1. The van der Waals surface area contributed by atoms with Crippen LogP contribution in [0.25, 0.3) is 5.95 Å². The van der Waals surface area contributed by atoms with E-state index in [9.17, 15) is 9.59 Å². The minimum Gasteiger partial charge on any atom is -0.349 e. The number of amides is 1. The van der Waals surface area contributed by atoms with Gasteiger partial charge >= 0.3 is 0 Å². The van der Waals surface area contributed by atoms with Gasteiger partial charge in [-0.1, -0.05) is 0 Å². The normalized spacial score (nSPS) is 12.4. The summed E-state index contributed by atoms with van der Waals surface area (Å²) in [6.07, 6.45) is 1.43. The average molecular weight is 333 g/mol. The molecule has 2 heterocycles. The number of rotatable bonds is 7. The molecule has 24 heavy (non-hydrogen) atoms. The van der Waals surface area contributed by atoms with Crippen molar-refractivity contribution in [3.63, 3.8) is 0 Å². The Morgan fingerprint density at radius 1 is 1.33 bits per heavy atom. The number of likely N-dealkylation sites (N-methyl/N-ethyl adjacent to an activating group) is 1. The van der Waals surface area contributed by atoms with E-state index in [4.69, 9.17) is 0 Å². The minimum atomic E-state index is -0.0533. The third-order valence-electron chi connectivity index (χ3n) is 3.72. The molecule has 1 unspecified atom stereocenters. The zero-order chi connectivity index (χ0) is 17.9. The molecule has 0 aromatic carbocycles. The van der Waals surface area contributed by atoms with E-state index >= 15 is 0 Å². The maximum absolute atomic E-state index is 12.6. The maximum Gasteiger partial charge on any atom is 0.275 e. The first-order chi connectivity index (χ1) is 11.3. The standard InChI is InChI=1S/C16H24N6O2/c1-10(2)19-15(24)8-21(5)7-14(23)13-6-11(3)22(12(13)4)16-17-9-18-20-16/h6,9-10H,7-8H2,1-5H3,(H,19,24)(H,17,18,20)/p+1. The summed E-state index contributed by atoms with van der Waals surface area (Å²) in [4.78, 5) is 29.4. The number of ketones is 1. The molecule has 0 saturated heterocycles. The lowest BCUT2D eigenvalue weighted by Gasteiger charge is -2.14. The predicted molar refractivity (Wildman–Crippen MR) is 89.4 cm³/mol. The van der Waals surface area contributed by atoms with Crippen molar-refractivity contribution in [1.29, 1.82) is 0 Å². The van der Waals surface area contributed by atoms with E-state index in [0.29, 0.717) is 11.5 Å². The van der Waals surface area contributed by atoms with Gasteiger partial charge in [0.1, 0.15) is 12.9 Å². The molecule has 2 aromatic heterocycles. The largest absolute Gasteiger partial charge is 0.349 e. The fourth-order valence-corrected chi connectivity index (χ4v) is 2.76. The Labute approximate surface area is 141 Å². The van der Waals surface area contributed by atoms with Crippen molar-refractivity contribution in [2.75, 3.05) is 20.1 Å². The van der Waals surface area contributed by atoms with Gasteiger partial charge in [0, 0.05) is 23.0 Å². The lowest BCUT2D eigenvalue weighted by Crippen LogP contribution is -3.11. The number of carbonyl (C=O) groups excluding carboxylic acids is 2. The second-order valence-electron chi connectivity index (χ2n) is 6.39. The van der Waals surface area contributed by atoms with Gasteiger partial charge in [0.2, 0.25) is 11.7 Å². The highest BCUT2D eigenvalue weighted by molar-refractivity contribution is 5.98. The van der Waals surface area contributed by atoms with Crippen LogP contribution in [-0.2, 0) is 4.79 Å². The van der Waals surface area contributed by atoms with E-state index in [2.05, 4.69) is 20.5 Å². The second kappa shape index (κ2) is 7.39. The summed E-state index contributed by atoms with van der Waals surface area (Å²) in [7, 11) is 1.84. The molecule has 0 spiro atoms. The average Bonchev–Trinajstić information content (AvgIpc) is 3.05. The number of Topliss-reactive ketones (excluding diaryl/α,β-unsaturated/α-hetero) is 1. The Bertz CT molecular complexity index is 717. The van der Waals surface area contributed by atoms with E-state index < -0.39 is 0 Å². The number of aromatic nitrogens is 4. The Kier molecular flexibility index (Phi) is 5.50. The first-order valence-electron chi connectivity index (χ1n) is 7.98.